The Balaban J connectivity index is 3.69. The maximum atomic E-state index is 9.09. The van der Waals surface area contributed by atoms with Gasteiger partial charge in [0.05, 0.1) is 6.61 Å². The largest absolute Gasteiger partial charge is 0.395 e. The van der Waals surface area contributed by atoms with Crippen LogP contribution in [0.25, 0.3) is 0 Å². The van der Waals surface area contributed by atoms with Crippen molar-refractivity contribution < 1.29 is 5.11 Å². The van der Waals surface area contributed by atoms with Gasteiger partial charge in [-0.1, -0.05) is 6.92 Å². The van der Waals surface area contributed by atoms with Gasteiger partial charge in [-0.25, -0.2) is 0 Å². The summed E-state index contributed by atoms with van der Waals surface area (Å²) in [6.45, 7) is 8.57. The van der Waals surface area contributed by atoms with Crippen molar-refractivity contribution in [2.24, 2.45) is 0 Å². The number of aliphatic hydroxyl groups is 1. The van der Waals surface area contributed by atoms with E-state index in [4.69, 9.17) is 5.11 Å². The summed E-state index contributed by atoms with van der Waals surface area (Å²) in [5, 5.41) is 12.4. The third-order valence-corrected chi connectivity index (χ3v) is 2.29. The lowest BCUT2D eigenvalue weighted by Gasteiger charge is -2.26. The van der Waals surface area contributed by atoms with Crippen LogP contribution in [0.5, 0.6) is 0 Å². The molecule has 0 aromatic rings. The second-order valence-corrected chi connectivity index (χ2v) is 3.87. The highest BCUT2D eigenvalue weighted by molar-refractivity contribution is 4.70. The van der Waals surface area contributed by atoms with Crippen LogP contribution in [0.4, 0.5) is 0 Å². The zero-order valence-corrected chi connectivity index (χ0v) is 9.38. The van der Waals surface area contributed by atoms with E-state index < -0.39 is 0 Å². The van der Waals surface area contributed by atoms with Crippen molar-refractivity contribution in [3.63, 3.8) is 0 Å². The fourth-order valence-corrected chi connectivity index (χ4v) is 1.09. The standard InChI is InChI=1S/C10H24N2O/c1-5-6-11-10(8-13)7-12(4)9(2)3/h9-11,13H,5-8H2,1-4H3. The lowest BCUT2D eigenvalue weighted by Crippen LogP contribution is -2.44. The Kier molecular flexibility index (Phi) is 7.23. The van der Waals surface area contributed by atoms with Gasteiger partial charge in [0.15, 0.2) is 0 Å². The summed E-state index contributed by atoms with van der Waals surface area (Å²) in [5.74, 6) is 0. The molecule has 0 rings (SSSR count). The normalized spacial score (nSPS) is 14.1. The summed E-state index contributed by atoms with van der Waals surface area (Å²) in [7, 11) is 2.08. The maximum Gasteiger partial charge on any atom is 0.0597 e. The molecule has 0 bridgehead atoms. The number of nitrogens with one attached hydrogen (secondary N) is 1. The van der Waals surface area contributed by atoms with E-state index in [-0.39, 0.29) is 12.6 Å². The fraction of sp³-hybridized carbons (Fsp3) is 1.00. The van der Waals surface area contributed by atoms with Crippen LogP contribution in [0, 0.1) is 0 Å². The second kappa shape index (κ2) is 7.30. The van der Waals surface area contributed by atoms with E-state index in [1.54, 1.807) is 0 Å². The van der Waals surface area contributed by atoms with Crippen molar-refractivity contribution in [1.29, 1.82) is 0 Å². The molecule has 0 radical (unpaired) electrons. The average Bonchev–Trinajstić information content (AvgIpc) is 2.11. The third-order valence-electron chi connectivity index (χ3n) is 2.29. The van der Waals surface area contributed by atoms with Gasteiger partial charge in [0.1, 0.15) is 0 Å². The monoisotopic (exact) mass is 188 g/mol. The molecule has 0 aliphatic heterocycles. The molecule has 0 fully saturated rings. The molecule has 0 heterocycles. The van der Waals surface area contributed by atoms with Crippen molar-refractivity contribution in [3.8, 4) is 0 Å². The van der Waals surface area contributed by atoms with Crippen molar-refractivity contribution >= 4 is 0 Å². The molecule has 1 unspecified atom stereocenters. The van der Waals surface area contributed by atoms with Gasteiger partial charge in [-0.15, -0.1) is 0 Å². The molecule has 0 aromatic heterocycles. The Morgan fingerprint density at radius 1 is 1.38 bits per heavy atom. The number of hydrogen-bond acceptors (Lipinski definition) is 3. The van der Waals surface area contributed by atoms with E-state index in [1.807, 2.05) is 0 Å². The van der Waals surface area contributed by atoms with Gasteiger partial charge in [-0.05, 0) is 33.9 Å². The van der Waals surface area contributed by atoms with Crippen molar-refractivity contribution in [2.75, 3.05) is 26.7 Å². The lowest BCUT2D eigenvalue weighted by molar-refractivity contribution is 0.180. The van der Waals surface area contributed by atoms with Gasteiger partial charge in [-0.2, -0.15) is 0 Å². The zero-order chi connectivity index (χ0) is 10.3. The van der Waals surface area contributed by atoms with Crippen LogP contribution in [0.3, 0.4) is 0 Å². The molecule has 0 saturated carbocycles. The molecule has 0 saturated heterocycles. The molecule has 80 valence electrons. The Labute approximate surface area is 82.1 Å². The highest BCUT2D eigenvalue weighted by Gasteiger charge is 2.11. The second-order valence-electron chi connectivity index (χ2n) is 3.87. The van der Waals surface area contributed by atoms with E-state index in [0.717, 1.165) is 19.5 Å². The molecule has 13 heavy (non-hydrogen) atoms. The number of likely N-dealkylation sites (N-methyl/N-ethyl adjacent to an activating group) is 1. The topological polar surface area (TPSA) is 35.5 Å². The van der Waals surface area contributed by atoms with Crippen LogP contribution < -0.4 is 5.32 Å². The lowest BCUT2D eigenvalue weighted by atomic mass is 10.2. The average molecular weight is 188 g/mol. The van der Waals surface area contributed by atoms with E-state index in [9.17, 15) is 0 Å². The quantitative estimate of drug-likeness (QED) is 0.617. The van der Waals surface area contributed by atoms with Gasteiger partial charge >= 0.3 is 0 Å². The molecular formula is C10H24N2O. The molecule has 0 aliphatic carbocycles. The minimum atomic E-state index is 0.215. The van der Waals surface area contributed by atoms with Crippen LogP contribution in [0.1, 0.15) is 27.2 Å². The van der Waals surface area contributed by atoms with E-state index in [1.165, 1.54) is 0 Å². The predicted octanol–water partition coefficient (Wildman–Crippen LogP) is 0.687. The Morgan fingerprint density at radius 2 is 2.00 bits per heavy atom. The van der Waals surface area contributed by atoms with Crippen molar-refractivity contribution in [3.05, 3.63) is 0 Å². The van der Waals surface area contributed by atoms with Crippen LogP contribution in [0.15, 0.2) is 0 Å². The summed E-state index contributed by atoms with van der Waals surface area (Å²) in [6.07, 6.45) is 1.11. The SMILES string of the molecule is CCCNC(CO)CN(C)C(C)C. The smallest absolute Gasteiger partial charge is 0.0597 e. The van der Waals surface area contributed by atoms with E-state index in [2.05, 4.69) is 38.0 Å². The number of rotatable bonds is 7. The predicted molar refractivity (Wildman–Crippen MR) is 56.9 cm³/mol. The Hall–Kier alpha value is -0.120. The van der Waals surface area contributed by atoms with Crippen molar-refractivity contribution in [2.45, 2.75) is 39.3 Å². The molecule has 0 amide bonds. The van der Waals surface area contributed by atoms with Crippen LogP contribution in [-0.2, 0) is 0 Å². The molecule has 3 nitrogen and oxygen atoms in total. The highest BCUT2D eigenvalue weighted by Crippen LogP contribution is 1.95. The number of aliphatic hydroxyl groups excluding tert-OH is 1. The summed E-state index contributed by atoms with van der Waals surface area (Å²) in [4.78, 5) is 2.24. The fourth-order valence-electron chi connectivity index (χ4n) is 1.09. The third kappa shape index (κ3) is 6.02. The number of nitrogens with zero attached hydrogens (tertiary/aromatic N) is 1. The highest BCUT2D eigenvalue weighted by atomic mass is 16.3. The van der Waals surface area contributed by atoms with Gasteiger partial charge in [0, 0.05) is 18.6 Å². The first kappa shape index (κ1) is 12.9. The first-order chi connectivity index (χ1) is 6.11. The summed E-state index contributed by atoms with van der Waals surface area (Å²) >= 11 is 0. The molecule has 0 aromatic carbocycles. The molecule has 0 spiro atoms. The first-order valence-electron chi connectivity index (χ1n) is 5.16. The van der Waals surface area contributed by atoms with Crippen LogP contribution in [0.2, 0.25) is 0 Å². The Morgan fingerprint density at radius 3 is 2.38 bits per heavy atom. The van der Waals surface area contributed by atoms with Crippen LogP contribution >= 0.6 is 0 Å². The summed E-state index contributed by atoms with van der Waals surface area (Å²) in [5.41, 5.74) is 0. The first-order valence-corrected chi connectivity index (χ1v) is 5.16. The minimum Gasteiger partial charge on any atom is -0.395 e. The summed E-state index contributed by atoms with van der Waals surface area (Å²) in [6, 6.07) is 0.754. The molecule has 1 atom stereocenters. The molecular weight excluding hydrogens is 164 g/mol. The van der Waals surface area contributed by atoms with Gasteiger partial charge in [0.25, 0.3) is 0 Å². The zero-order valence-electron chi connectivity index (χ0n) is 9.38. The molecule has 2 N–H and O–H groups in total. The molecule has 3 heteroatoms. The van der Waals surface area contributed by atoms with Gasteiger partial charge in [-0.3, -0.25) is 0 Å². The Bertz CT molecular complexity index is 117. The van der Waals surface area contributed by atoms with Crippen molar-refractivity contribution in [1.82, 2.24) is 10.2 Å². The van der Waals surface area contributed by atoms with E-state index >= 15 is 0 Å². The minimum absolute atomic E-state index is 0.215. The van der Waals surface area contributed by atoms with E-state index in [0.29, 0.717) is 6.04 Å². The van der Waals surface area contributed by atoms with Gasteiger partial charge < -0.3 is 15.3 Å². The number of hydrogen-bond donors (Lipinski definition) is 2. The van der Waals surface area contributed by atoms with Crippen LogP contribution in [-0.4, -0.2) is 48.8 Å². The summed E-state index contributed by atoms with van der Waals surface area (Å²) < 4.78 is 0. The molecule has 0 aliphatic rings. The maximum absolute atomic E-state index is 9.09. The van der Waals surface area contributed by atoms with Gasteiger partial charge in [0.2, 0.25) is 0 Å².